The Labute approximate surface area is 209 Å². The highest BCUT2D eigenvalue weighted by Gasteiger charge is 2.71. The number of rotatable bonds is 5. The van der Waals surface area contributed by atoms with E-state index < -0.39 is 5.60 Å². The van der Waals surface area contributed by atoms with Crippen LogP contribution in [-0.2, 0) is 4.79 Å². The fourth-order valence-corrected chi connectivity index (χ4v) is 10.1. The number of carbonyl (C=O) groups is 1. The molecule has 34 heavy (non-hydrogen) atoms. The molecule has 0 aromatic carbocycles. The third-order valence-electron chi connectivity index (χ3n) is 12.7. The van der Waals surface area contributed by atoms with E-state index in [4.69, 9.17) is 0 Å². The van der Waals surface area contributed by atoms with Gasteiger partial charge in [0.25, 0.3) is 0 Å². The molecule has 0 spiro atoms. The smallest absolute Gasteiger partial charge is 0.138 e. The second-order valence-electron chi connectivity index (χ2n) is 14.8. The molecule has 3 nitrogen and oxygen atoms in total. The molecule has 4 rings (SSSR count). The van der Waals surface area contributed by atoms with Gasteiger partial charge < -0.3 is 10.2 Å². The molecule has 0 amide bonds. The van der Waals surface area contributed by atoms with E-state index in [1.54, 1.807) is 0 Å². The van der Waals surface area contributed by atoms with Gasteiger partial charge in [0.1, 0.15) is 5.78 Å². The summed E-state index contributed by atoms with van der Waals surface area (Å²) in [5.74, 6) is 1.95. The summed E-state index contributed by atoms with van der Waals surface area (Å²) in [5, 5.41) is 23.5. The largest absolute Gasteiger partial charge is 0.393 e. The first-order valence-corrected chi connectivity index (χ1v) is 14.1. The van der Waals surface area contributed by atoms with Crippen LogP contribution in [0.3, 0.4) is 0 Å². The van der Waals surface area contributed by atoms with Crippen molar-refractivity contribution < 1.29 is 15.0 Å². The van der Waals surface area contributed by atoms with Gasteiger partial charge in [-0.1, -0.05) is 60.6 Å². The molecule has 4 saturated carbocycles. The van der Waals surface area contributed by atoms with Gasteiger partial charge in [0.05, 0.1) is 11.7 Å². The predicted octanol–water partition coefficient (Wildman–Crippen LogP) is 6.95. The van der Waals surface area contributed by atoms with E-state index in [0.29, 0.717) is 30.0 Å². The minimum Gasteiger partial charge on any atom is -0.393 e. The Morgan fingerprint density at radius 2 is 1.68 bits per heavy atom. The number of carbonyl (C=O) groups excluding carboxylic acids is 1. The summed E-state index contributed by atoms with van der Waals surface area (Å²) >= 11 is 0. The van der Waals surface area contributed by atoms with Gasteiger partial charge in [0.2, 0.25) is 0 Å². The van der Waals surface area contributed by atoms with Crippen LogP contribution in [0.15, 0.2) is 12.2 Å². The molecule has 2 N–H and O–H groups in total. The maximum atomic E-state index is 12.9. The van der Waals surface area contributed by atoms with E-state index in [9.17, 15) is 15.0 Å². The Hall–Kier alpha value is -0.670. The van der Waals surface area contributed by atoms with Crippen LogP contribution in [0.4, 0.5) is 0 Å². The number of allylic oxidation sites excluding steroid dienone is 1. The summed E-state index contributed by atoms with van der Waals surface area (Å²) in [6.45, 7) is 22.4. The Kier molecular flexibility index (Phi) is 6.34. The van der Waals surface area contributed by atoms with Crippen molar-refractivity contribution in [1.29, 1.82) is 0 Å². The molecule has 0 aromatic rings. The molecule has 4 aliphatic carbocycles. The minimum absolute atomic E-state index is 0.0125. The summed E-state index contributed by atoms with van der Waals surface area (Å²) in [4.78, 5) is 12.9. The first kappa shape index (κ1) is 26.4. The molecular formula is C31H52O3. The van der Waals surface area contributed by atoms with Gasteiger partial charge in [-0.05, 0) is 104 Å². The summed E-state index contributed by atoms with van der Waals surface area (Å²) in [6.07, 6.45) is 7.97. The summed E-state index contributed by atoms with van der Waals surface area (Å²) in [6, 6.07) is 0. The maximum Gasteiger partial charge on any atom is 0.138 e. The predicted molar refractivity (Wildman–Crippen MR) is 139 cm³/mol. The van der Waals surface area contributed by atoms with Crippen LogP contribution in [0.1, 0.15) is 113 Å². The monoisotopic (exact) mass is 472 g/mol. The van der Waals surface area contributed by atoms with Crippen molar-refractivity contribution in [2.24, 2.45) is 51.2 Å². The molecule has 0 unspecified atom stereocenters. The Morgan fingerprint density at radius 1 is 1.06 bits per heavy atom. The average Bonchev–Trinajstić information content (AvgIpc) is 3.12. The lowest BCUT2D eigenvalue weighted by molar-refractivity contribution is -0.232. The van der Waals surface area contributed by atoms with Gasteiger partial charge in [-0.3, -0.25) is 4.79 Å². The highest BCUT2D eigenvalue weighted by molar-refractivity contribution is 5.85. The molecule has 0 saturated heterocycles. The molecule has 9 atom stereocenters. The number of hydrogen-bond acceptors (Lipinski definition) is 3. The summed E-state index contributed by atoms with van der Waals surface area (Å²) in [5.41, 5.74) is 0.388. The van der Waals surface area contributed by atoms with Gasteiger partial charge >= 0.3 is 0 Å². The van der Waals surface area contributed by atoms with E-state index in [2.05, 4.69) is 55.0 Å². The Morgan fingerprint density at radius 3 is 2.29 bits per heavy atom. The quantitative estimate of drug-likeness (QED) is 0.425. The molecule has 194 valence electrons. The van der Waals surface area contributed by atoms with Crippen LogP contribution >= 0.6 is 0 Å². The van der Waals surface area contributed by atoms with E-state index in [0.717, 1.165) is 51.4 Å². The molecular weight excluding hydrogens is 420 g/mol. The number of aliphatic hydroxyl groups is 2. The van der Waals surface area contributed by atoms with E-state index >= 15 is 0 Å². The first-order valence-electron chi connectivity index (χ1n) is 14.1. The number of hydrogen-bond donors (Lipinski definition) is 2. The molecule has 4 fully saturated rings. The second-order valence-corrected chi connectivity index (χ2v) is 14.8. The van der Waals surface area contributed by atoms with Crippen LogP contribution in [0, 0.1) is 51.2 Å². The molecule has 0 radical (unpaired) electrons. The van der Waals surface area contributed by atoms with Crippen molar-refractivity contribution in [3.63, 3.8) is 0 Å². The van der Waals surface area contributed by atoms with Crippen molar-refractivity contribution >= 4 is 5.78 Å². The highest BCUT2D eigenvalue weighted by Crippen LogP contribution is 2.75. The van der Waals surface area contributed by atoms with Crippen LogP contribution in [0.2, 0.25) is 0 Å². The highest BCUT2D eigenvalue weighted by atomic mass is 16.3. The molecule has 0 aliphatic heterocycles. The average molecular weight is 473 g/mol. The number of Topliss-reactive ketones (excluding diaryl/α,β-unsaturated/α-hetero) is 1. The Bertz CT molecular complexity index is 840. The molecule has 0 aromatic heterocycles. The normalized spacial score (nSPS) is 47.5. The minimum atomic E-state index is -0.787. The van der Waals surface area contributed by atoms with Crippen molar-refractivity contribution in [1.82, 2.24) is 0 Å². The van der Waals surface area contributed by atoms with Crippen molar-refractivity contribution in [2.75, 3.05) is 0 Å². The lowest BCUT2D eigenvalue weighted by Crippen LogP contribution is -2.66. The van der Waals surface area contributed by atoms with Gasteiger partial charge in [-0.25, -0.2) is 0 Å². The number of ketones is 1. The van der Waals surface area contributed by atoms with Gasteiger partial charge in [0, 0.05) is 11.8 Å². The zero-order valence-corrected chi connectivity index (χ0v) is 23.3. The van der Waals surface area contributed by atoms with E-state index in [1.165, 1.54) is 5.57 Å². The Balaban J connectivity index is 1.65. The van der Waals surface area contributed by atoms with E-state index in [-0.39, 0.29) is 39.6 Å². The summed E-state index contributed by atoms with van der Waals surface area (Å²) in [7, 11) is 0. The lowest BCUT2D eigenvalue weighted by atomic mass is 9.35. The fraction of sp³-hybridized carbons (Fsp3) is 0.903. The second kappa shape index (κ2) is 8.17. The fourth-order valence-electron chi connectivity index (χ4n) is 10.1. The summed E-state index contributed by atoms with van der Waals surface area (Å²) < 4.78 is 0. The van der Waals surface area contributed by atoms with Crippen LogP contribution in [-0.4, -0.2) is 27.7 Å². The van der Waals surface area contributed by atoms with Crippen LogP contribution in [0.25, 0.3) is 0 Å². The van der Waals surface area contributed by atoms with Crippen molar-refractivity contribution in [3.8, 4) is 0 Å². The standard InChI is InChI=1S/C31H52O3/c1-19(2)20(3)10-17-31(9,34)21-11-15-30(8)26(21)22(32)18-24-28(6)14-13-25(33)27(4,5)23(28)12-16-29(24,30)7/h19,21-24,26,32,34H,3,10-18H2,1-2,4-9H3/t21-,22+,23+,24+,26-,28-,29+,30+,31-/m0/s1. The third-order valence-corrected chi connectivity index (χ3v) is 12.7. The number of aliphatic hydroxyl groups excluding tert-OH is 1. The van der Waals surface area contributed by atoms with Crippen molar-refractivity contribution in [2.45, 2.75) is 125 Å². The van der Waals surface area contributed by atoms with Crippen molar-refractivity contribution in [3.05, 3.63) is 12.2 Å². The van der Waals surface area contributed by atoms with Crippen LogP contribution in [0.5, 0.6) is 0 Å². The molecule has 4 aliphatic rings. The van der Waals surface area contributed by atoms with Crippen LogP contribution < -0.4 is 0 Å². The van der Waals surface area contributed by atoms with Gasteiger partial charge in [-0.2, -0.15) is 0 Å². The van der Waals surface area contributed by atoms with E-state index in [1.807, 2.05) is 6.92 Å². The number of fused-ring (bicyclic) bond motifs is 5. The zero-order chi connectivity index (χ0) is 25.5. The van der Waals surface area contributed by atoms with Gasteiger partial charge in [0.15, 0.2) is 0 Å². The molecule has 3 heteroatoms. The van der Waals surface area contributed by atoms with Gasteiger partial charge in [-0.15, -0.1) is 0 Å². The molecule has 0 heterocycles. The molecule has 0 bridgehead atoms. The zero-order valence-electron chi connectivity index (χ0n) is 23.3. The third kappa shape index (κ3) is 3.53. The first-order chi connectivity index (χ1) is 15.5. The lowest BCUT2D eigenvalue weighted by Gasteiger charge is -2.69. The SMILES string of the molecule is C=C(CC[C@](C)(O)[C@H]1CC[C@]2(C)[C@@H]1[C@H](O)C[C@@H]1[C@@]3(C)CCC(=O)C(C)(C)[C@H]3CC[C@]12C)C(C)C. The maximum absolute atomic E-state index is 12.9. The topological polar surface area (TPSA) is 57.5 Å².